The number of amides is 1. The lowest BCUT2D eigenvalue weighted by Crippen LogP contribution is -2.13. The summed E-state index contributed by atoms with van der Waals surface area (Å²) in [6, 6.07) is 9.06. The predicted molar refractivity (Wildman–Crippen MR) is 70.6 cm³/mol. The fraction of sp³-hybridized carbons (Fsp3) is 0. The van der Waals surface area contributed by atoms with Gasteiger partial charge in [-0.05, 0) is 12.1 Å². The average molecular weight is 254 g/mol. The summed E-state index contributed by atoms with van der Waals surface area (Å²) < 4.78 is 5.45. The van der Waals surface area contributed by atoms with Crippen molar-refractivity contribution in [2.75, 3.05) is 11.1 Å². The summed E-state index contributed by atoms with van der Waals surface area (Å²) in [6.07, 6.45) is 2.75. The Morgan fingerprint density at radius 2 is 2.16 bits per heavy atom. The monoisotopic (exact) mass is 254 g/mol. The van der Waals surface area contributed by atoms with Gasteiger partial charge in [0.15, 0.2) is 11.6 Å². The number of hydrogen-bond donors (Lipinski definition) is 2. The molecule has 2 heterocycles. The Kier molecular flexibility index (Phi) is 2.60. The van der Waals surface area contributed by atoms with E-state index in [0.29, 0.717) is 11.3 Å². The number of aromatic nitrogens is 2. The van der Waals surface area contributed by atoms with Gasteiger partial charge < -0.3 is 15.5 Å². The van der Waals surface area contributed by atoms with Crippen LogP contribution in [0.2, 0.25) is 0 Å². The van der Waals surface area contributed by atoms with Gasteiger partial charge in [-0.1, -0.05) is 18.2 Å². The van der Waals surface area contributed by atoms with Crippen LogP contribution in [0.1, 0.15) is 10.6 Å². The van der Waals surface area contributed by atoms with Crippen molar-refractivity contribution in [3.05, 3.63) is 48.6 Å². The second-order valence-corrected chi connectivity index (χ2v) is 3.92. The topological polar surface area (TPSA) is 94.0 Å². The van der Waals surface area contributed by atoms with E-state index in [9.17, 15) is 4.79 Å². The minimum atomic E-state index is -0.391. The van der Waals surface area contributed by atoms with Crippen LogP contribution in [0.4, 0.5) is 11.5 Å². The molecule has 6 heteroatoms. The van der Waals surface area contributed by atoms with Crippen LogP contribution < -0.4 is 11.1 Å². The Balaban J connectivity index is 1.90. The van der Waals surface area contributed by atoms with E-state index in [4.69, 9.17) is 10.2 Å². The maximum absolute atomic E-state index is 12.0. The highest BCUT2D eigenvalue weighted by Crippen LogP contribution is 2.20. The Morgan fingerprint density at radius 1 is 1.32 bits per heavy atom. The lowest BCUT2D eigenvalue weighted by Gasteiger charge is -2.03. The lowest BCUT2D eigenvalue weighted by atomic mass is 10.2. The quantitative estimate of drug-likeness (QED) is 0.730. The van der Waals surface area contributed by atoms with Gasteiger partial charge in [-0.3, -0.25) is 4.79 Å². The largest absolute Gasteiger partial charge is 0.451 e. The number of carbonyl (C=O) groups is 1. The van der Waals surface area contributed by atoms with Crippen molar-refractivity contribution in [3.8, 4) is 0 Å². The highest BCUT2D eigenvalue weighted by molar-refractivity contribution is 6.05. The zero-order chi connectivity index (χ0) is 13.2. The Hall–Kier alpha value is -2.89. The van der Waals surface area contributed by atoms with E-state index in [1.807, 2.05) is 18.2 Å². The molecule has 3 N–H and O–H groups in total. The van der Waals surface area contributed by atoms with Crippen LogP contribution in [0.25, 0.3) is 11.0 Å². The molecule has 6 nitrogen and oxygen atoms in total. The Bertz CT molecular complexity index is 718. The van der Waals surface area contributed by atoms with Gasteiger partial charge in [-0.25, -0.2) is 9.97 Å². The van der Waals surface area contributed by atoms with E-state index >= 15 is 0 Å². The number of furan rings is 1. The number of rotatable bonds is 2. The van der Waals surface area contributed by atoms with Crippen molar-refractivity contribution in [2.24, 2.45) is 0 Å². The normalized spacial score (nSPS) is 10.5. The maximum atomic E-state index is 12.0. The molecule has 0 fully saturated rings. The summed E-state index contributed by atoms with van der Waals surface area (Å²) in [7, 11) is 0. The van der Waals surface area contributed by atoms with Crippen LogP contribution in [0.5, 0.6) is 0 Å². The lowest BCUT2D eigenvalue weighted by molar-refractivity contribution is 0.0998. The number of nitrogens with two attached hydrogens (primary N) is 1. The van der Waals surface area contributed by atoms with Gasteiger partial charge in [0, 0.05) is 5.39 Å². The molecule has 0 atom stereocenters. The zero-order valence-electron chi connectivity index (χ0n) is 9.83. The summed E-state index contributed by atoms with van der Waals surface area (Å²) in [5.41, 5.74) is 6.64. The maximum Gasteiger partial charge on any atom is 0.291 e. The number of benzene rings is 1. The predicted octanol–water partition coefficient (Wildman–Crippen LogP) is 2.06. The molecule has 0 aliphatic carbocycles. The first-order valence-electron chi connectivity index (χ1n) is 5.59. The molecule has 1 amide bonds. The Morgan fingerprint density at radius 3 is 2.95 bits per heavy atom. The molecule has 0 aliphatic heterocycles. The third-order valence-electron chi connectivity index (χ3n) is 2.64. The number of fused-ring (bicyclic) bond motifs is 1. The van der Waals surface area contributed by atoms with Crippen LogP contribution in [-0.4, -0.2) is 15.9 Å². The summed E-state index contributed by atoms with van der Waals surface area (Å²) in [5, 5.41) is 3.47. The van der Waals surface area contributed by atoms with E-state index in [0.717, 1.165) is 5.39 Å². The van der Waals surface area contributed by atoms with Gasteiger partial charge in [0.1, 0.15) is 17.6 Å². The van der Waals surface area contributed by atoms with Crippen molar-refractivity contribution < 1.29 is 9.21 Å². The van der Waals surface area contributed by atoms with Crippen LogP contribution in [-0.2, 0) is 0 Å². The number of anilines is 2. The fourth-order valence-electron chi connectivity index (χ4n) is 1.71. The molecule has 0 unspecified atom stereocenters. The summed E-state index contributed by atoms with van der Waals surface area (Å²) in [5.74, 6) is 0.0293. The average Bonchev–Trinajstić information content (AvgIpc) is 2.85. The summed E-state index contributed by atoms with van der Waals surface area (Å²) >= 11 is 0. The van der Waals surface area contributed by atoms with E-state index in [-0.39, 0.29) is 11.6 Å². The molecule has 3 rings (SSSR count). The molecule has 19 heavy (non-hydrogen) atoms. The number of nitrogen functional groups attached to an aromatic ring is 1. The first-order valence-corrected chi connectivity index (χ1v) is 5.59. The SMILES string of the molecule is Nc1ncncc1NC(=O)c1cc2ccccc2o1. The van der Waals surface area contributed by atoms with Gasteiger partial charge in [0.05, 0.1) is 6.20 Å². The first kappa shape index (κ1) is 11.2. The van der Waals surface area contributed by atoms with E-state index in [1.165, 1.54) is 12.5 Å². The second-order valence-electron chi connectivity index (χ2n) is 3.92. The molecular weight excluding hydrogens is 244 g/mol. The zero-order valence-corrected chi connectivity index (χ0v) is 9.83. The van der Waals surface area contributed by atoms with Gasteiger partial charge in [-0.2, -0.15) is 0 Å². The van der Waals surface area contributed by atoms with E-state index in [2.05, 4.69) is 15.3 Å². The smallest absolute Gasteiger partial charge is 0.291 e. The van der Waals surface area contributed by atoms with Crippen LogP contribution in [0.3, 0.4) is 0 Å². The van der Waals surface area contributed by atoms with Crippen molar-refractivity contribution in [1.82, 2.24) is 9.97 Å². The van der Waals surface area contributed by atoms with Gasteiger partial charge in [0.2, 0.25) is 0 Å². The molecule has 94 valence electrons. The van der Waals surface area contributed by atoms with Crippen molar-refractivity contribution in [3.63, 3.8) is 0 Å². The standard InChI is InChI=1S/C13H10N4O2/c14-12-9(6-15-7-16-12)17-13(18)11-5-8-3-1-2-4-10(8)19-11/h1-7H,(H,17,18)(H2,14,15,16). The highest BCUT2D eigenvalue weighted by Gasteiger charge is 2.13. The minimum absolute atomic E-state index is 0.208. The first-order chi connectivity index (χ1) is 9.24. The fourth-order valence-corrected chi connectivity index (χ4v) is 1.71. The molecule has 0 bridgehead atoms. The molecule has 0 aliphatic rings. The Labute approximate surface area is 108 Å². The molecule has 3 aromatic rings. The molecule has 0 saturated carbocycles. The van der Waals surface area contributed by atoms with E-state index in [1.54, 1.807) is 12.1 Å². The molecule has 0 spiro atoms. The minimum Gasteiger partial charge on any atom is -0.451 e. The van der Waals surface area contributed by atoms with Gasteiger partial charge in [-0.15, -0.1) is 0 Å². The molecule has 1 aromatic carbocycles. The van der Waals surface area contributed by atoms with Crippen molar-refractivity contribution in [2.45, 2.75) is 0 Å². The molecule has 0 saturated heterocycles. The third kappa shape index (κ3) is 2.11. The molecular formula is C13H10N4O2. The van der Waals surface area contributed by atoms with Crippen LogP contribution >= 0.6 is 0 Å². The van der Waals surface area contributed by atoms with E-state index < -0.39 is 5.91 Å². The van der Waals surface area contributed by atoms with Crippen molar-refractivity contribution >= 4 is 28.4 Å². The number of para-hydroxylation sites is 1. The van der Waals surface area contributed by atoms with Crippen LogP contribution in [0, 0.1) is 0 Å². The third-order valence-corrected chi connectivity index (χ3v) is 2.64. The number of nitrogens with zero attached hydrogens (tertiary/aromatic N) is 2. The highest BCUT2D eigenvalue weighted by atomic mass is 16.3. The summed E-state index contributed by atoms with van der Waals surface area (Å²) in [4.78, 5) is 19.6. The number of nitrogens with one attached hydrogen (secondary N) is 1. The van der Waals surface area contributed by atoms with Gasteiger partial charge in [0.25, 0.3) is 5.91 Å². The van der Waals surface area contributed by atoms with Crippen molar-refractivity contribution in [1.29, 1.82) is 0 Å². The number of hydrogen-bond acceptors (Lipinski definition) is 5. The molecule has 0 radical (unpaired) electrons. The van der Waals surface area contributed by atoms with Gasteiger partial charge >= 0.3 is 0 Å². The summed E-state index contributed by atoms with van der Waals surface area (Å²) in [6.45, 7) is 0. The second kappa shape index (κ2) is 4.41. The molecule has 2 aromatic heterocycles. The van der Waals surface area contributed by atoms with Crippen LogP contribution in [0.15, 0.2) is 47.3 Å². The number of carbonyl (C=O) groups excluding carboxylic acids is 1.